The molecule has 0 saturated carbocycles. The van der Waals surface area contributed by atoms with Crippen LogP contribution < -0.4 is 15.4 Å². The number of alkyl halides is 3. The number of ether oxygens (including phenoxy) is 1. The number of nitrogens with zero attached hydrogens (tertiary/aromatic N) is 2. The average molecular weight is 474 g/mol. The van der Waals surface area contributed by atoms with Crippen LogP contribution in [0, 0.1) is 5.92 Å². The normalized spacial score (nSPS) is 11.4. The van der Waals surface area contributed by atoms with Crippen LogP contribution in [0.4, 0.5) is 13.2 Å². The van der Waals surface area contributed by atoms with E-state index >= 15 is 0 Å². The Morgan fingerprint density at radius 2 is 1.59 bits per heavy atom. The highest BCUT2D eigenvalue weighted by molar-refractivity contribution is 5.96. The van der Waals surface area contributed by atoms with E-state index in [9.17, 15) is 22.8 Å². The predicted molar refractivity (Wildman–Crippen MR) is 120 cm³/mol. The van der Waals surface area contributed by atoms with E-state index in [0.29, 0.717) is 29.5 Å². The number of hydrogen-bond acceptors (Lipinski definition) is 4. The van der Waals surface area contributed by atoms with Gasteiger partial charge in [-0.1, -0.05) is 32.0 Å². The molecule has 3 rings (SSSR count). The van der Waals surface area contributed by atoms with Crippen LogP contribution >= 0.6 is 0 Å². The SMILES string of the molecule is CC(C)COc1ccc(C(=O)NCCNC(=O)c2cn(-c3ccccc3)nc2C(F)(F)F)cc1. The lowest BCUT2D eigenvalue weighted by Crippen LogP contribution is -2.35. The largest absolute Gasteiger partial charge is 0.493 e. The zero-order valence-electron chi connectivity index (χ0n) is 18.7. The van der Waals surface area contributed by atoms with Crippen LogP contribution in [0.25, 0.3) is 5.69 Å². The average Bonchev–Trinajstić information content (AvgIpc) is 3.27. The van der Waals surface area contributed by atoms with E-state index < -0.39 is 23.3 Å². The minimum absolute atomic E-state index is 0.0321. The molecule has 0 spiro atoms. The lowest BCUT2D eigenvalue weighted by Gasteiger charge is -2.10. The molecule has 0 radical (unpaired) electrons. The van der Waals surface area contributed by atoms with E-state index in [0.717, 1.165) is 10.9 Å². The maximum Gasteiger partial charge on any atom is 0.435 e. The van der Waals surface area contributed by atoms with Gasteiger partial charge in [0.05, 0.1) is 17.9 Å². The molecule has 2 N–H and O–H groups in total. The monoisotopic (exact) mass is 474 g/mol. The van der Waals surface area contributed by atoms with Crippen LogP contribution in [0.1, 0.15) is 40.3 Å². The summed E-state index contributed by atoms with van der Waals surface area (Å²) in [5.74, 6) is -0.292. The molecule has 1 heterocycles. The zero-order valence-corrected chi connectivity index (χ0v) is 18.7. The highest BCUT2D eigenvalue weighted by Crippen LogP contribution is 2.31. The summed E-state index contributed by atoms with van der Waals surface area (Å²) in [7, 11) is 0. The molecule has 0 atom stereocenters. The lowest BCUT2D eigenvalue weighted by molar-refractivity contribution is -0.141. The van der Waals surface area contributed by atoms with E-state index in [4.69, 9.17) is 4.74 Å². The van der Waals surface area contributed by atoms with Gasteiger partial charge in [-0.3, -0.25) is 9.59 Å². The number of para-hydroxylation sites is 1. The molecule has 0 aliphatic heterocycles. The van der Waals surface area contributed by atoms with E-state index in [-0.39, 0.29) is 19.0 Å². The molecule has 0 bridgehead atoms. The minimum atomic E-state index is -4.80. The summed E-state index contributed by atoms with van der Waals surface area (Å²) in [6.07, 6.45) is -3.76. The summed E-state index contributed by atoms with van der Waals surface area (Å²) >= 11 is 0. The fourth-order valence-corrected chi connectivity index (χ4v) is 2.98. The Hall–Kier alpha value is -3.82. The molecule has 2 aromatic carbocycles. The summed E-state index contributed by atoms with van der Waals surface area (Å²) in [4.78, 5) is 24.7. The Morgan fingerprint density at radius 3 is 2.18 bits per heavy atom. The second-order valence-electron chi connectivity index (χ2n) is 7.91. The molecule has 180 valence electrons. The van der Waals surface area contributed by atoms with Crippen molar-refractivity contribution in [3.05, 3.63) is 77.6 Å². The smallest absolute Gasteiger partial charge is 0.435 e. The van der Waals surface area contributed by atoms with Gasteiger partial charge in [0.1, 0.15) is 5.75 Å². The third-order valence-electron chi connectivity index (χ3n) is 4.64. The second kappa shape index (κ2) is 10.9. The topological polar surface area (TPSA) is 85.3 Å². The van der Waals surface area contributed by atoms with Gasteiger partial charge in [0, 0.05) is 24.8 Å². The Labute approximate surface area is 194 Å². The standard InChI is InChI=1S/C24H25F3N4O3/c1-16(2)15-34-19-10-8-17(9-11-19)22(32)28-12-13-29-23(33)20-14-31(18-6-4-3-5-7-18)30-21(20)24(25,26)27/h3-11,14,16H,12-13,15H2,1-2H3,(H,28,32)(H,29,33). The van der Waals surface area contributed by atoms with Gasteiger partial charge in [-0.2, -0.15) is 18.3 Å². The van der Waals surface area contributed by atoms with Crippen molar-refractivity contribution >= 4 is 11.8 Å². The number of halogens is 3. The summed E-state index contributed by atoms with van der Waals surface area (Å²) in [6.45, 7) is 4.59. The van der Waals surface area contributed by atoms with Crippen molar-refractivity contribution in [2.24, 2.45) is 5.92 Å². The number of carbonyl (C=O) groups is 2. The first kappa shape index (κ1) is 24.8. The van der Waals surface area contributed by atoms with E-state index in [1.54, 1.807) is 54.6 Å². The third kappa shape index (κ3) is 6.60. The van der Waals surface area contributed by atoms with Gasteiger partial charge < -0.3 is 15.4 Å². The molecular formula is C24H25F3N4O3. The van der Waals surface area contributed by atoms with Crippen molar-refractivity contribution in [3.63, 3.8) is 0 Å². The number of nitrogens with one attached hydrogen (secondary N) is 2. The van der Waals surface area contributed by atoms with Crippen LogP contribution in [-0.2, 0) is 6.18 Å². The first-order valence-electron chi connectivity index (χ1n) is 10.7. The maximum absolute atomic E-state index is 13.4. The second-order valence-corrected chi connectivity index (χ2v) is 7.91. The summed E-state index contributed by atoms with van der Waals surface area (Å²) in [5, 5.41) is 8.56. The number of rotatable bonds is 9. The highest BCUT2D eigenvalue weighted by Gasteiger charge is 2.39. The highest BCUT2D eigenvalue weighted by atomic mass is 19.4. The predicted octanol–water partition coefficient (Wildman–Crippen LogP) is 4.09. The Balaban J connectivity index is 1.56. The molecule has 34 heavy (non-hydrogen) atoms. The van der Waals surface area contributed by atoms with Crippen LogP contribution in [0.2, 0.25) is 0 Å². The molecule has 0 saturated heterocycles. The van der Waals surface area contributed by atoms with Gasteiger partial charge in [-0.25, -0.2) is 4.68 Å². The van der Waals surface area contributed by atoms with Crippen LogP contribution in [-0.4, -0.2) is 41.3 Å². The number of benzene rings is 2. The van der Waals surface area contributed by atoms with Gasteiger partial charge in [-0.05, 0) is 42.3 Å². The van der Waals surface area contributed by atoms with Gasteiger partial charge >= 0.3 is 6.18 Å². The molecule has 0 aliphatic carbocycles. The third-order valence-corrected chi connectivity index (χ3v) is 4.64. The van der Waals surface area contributed by atoms with Crippen LogP contribution in [0.5, 0.6) is 5.75 Å². The first-order chi connectivity index (χ1) is 16.1. The molecule has 0 unspecified atom stereocenters. The fraction of sp³-hybridized carbons (Fsp3) is 0.292. The molecule has 0 aliphatic rings. The van der Waals surface area contributed by atoms with Gasteiger partial charge in [0.15, 0.2) is 5.69 Å². The minimum Gasteiger partial charge on any atom is -0.493 e. The lowest BCUT2D eigenvalue weighted by atomic mass is 10.2. The van der Waals surface area contributed by atoms with Crippen molar-refractivity contribution in [1.29, 1.82) is 0 Å². The summed E-state index contributed by atoms with van der Waals surface area (Å²) in [6, 6.07) is 14.8. The number of amides is 2. The van der Waals surface area contributed by atoms with E-state index in [2.05, 4.69) is 15.7 Å². The molecule has 3 aromatic rings. The number of hydrogen-bond donors (Lipinski definition) is 2. The zero-order chi connectivity index (χ0) is 24.7. The van der Waals surface area contributed by atoms with Crippen molar-refractivity contribution in [2.75, 3.05) is 19.7 Å². The summed E-state index contributed by atoms with van der Waals surface area (Å²) in [5.41, 5.74) is -1.09. The Bertz CT molecular complexity index is 1110. The fourth-order valence-electron chi connectivity index (χ4n) is 2.98. The van der Waals surface area contributed by atoms with Gasteiger partial charge in [0.2, 0.25) is 0 Å². The van der Waals surface area contributed by atoms with E-state index in [1.165, 1.54) is 0 Å². The van der Waals surface area contributed by atoms with Gasteiger partial charge in [0.25, 0.3) is 11.8 Å². The Morgan fingerprint density at radius 1 is 0.971 bits per heavy atom. The van der Waals surface area contributed by atoms with Crippen molar-refractivity contribution in [1.82, 2.24) is 20.4 Å². The molecule has 0 fully saturated rings. The first-order valence-corrected chi connectivity index (χ1v) is 10.7. The van der Waals surface area contributed by atoms with E-state index in [1.807, 2.05) is 13.8 Å². The van der Waals surface area contributed by atoms with Crippen LogP contribution in [0.3, 0.4) is 0 Å². The van der Waals surface area contributed by atoms with Gasteiger partial charge in [-0.15, -0.1) is 0 Å². The van der Waals surface area contributed by atoms with Crippen LogP contribution in [0.15, 0.2) is 60.8 Å². The molecule has 1 aromatic heterocycles. The van der Waals surface area contributed by atoms with Crippen molar-refractivity contribution in [3.8, 4) is 11.4 Å². The quantitative estimate of drug-likeness (QED) is 0.458. The Kier molecular flexibility index (Phi) is 7.93. The maximum atomic E-state index is 13.4. The molecule has 7 nitrogen and oxygen atoms in total. The molecular weight excluding hydrogens is 449 g/mol. The number of carbonyl (C=O) groups excluding carboxylic acids is 2. The number of aromatic nitrogens is 2. The summed E-state index contributed by atoms with van der Waals surface area (Å²) < 4.78 is 46.8. The molecule has 2 amide bonds. The molecule has 10 heteroatoms. The van der Waals surface area contributed by atoms with Crippen molar-refractivity contribution < 1.29 is 27.5 Å². The van der Waals surface area contributed by atoms with Crippen molar-refractivity contribution in [2.45, 2.75) is 20.0 Å².